The zero-order chi connectivity index (χ0) is 17.1. The lowest BCUT2D eigenvalue weighted by Crippen LogP contribution is -2.14. The molecule has 0 amide bonds. The molecule has 120 valence electrons. The van der Waals surface area contributed by atoms with Gasteiger partial charge in [0, 0.05) is 11.3 Å². The molecule has 1 aromatic carbocycles. The molecule has 0 aliphatic carbocycles. The molecule has 0 atom stereocenters. The Balaban J connectivity index is 2.54. The molecule has 6 heteroatoms. The highest BCUT2D eigenvalue weighted by molar-refractivity contribution is 6.00. The first-order valence-electron chi connectivity index (χ1n) is 7.20. The lowest BCUT2D eigenvalue weighted by molar-refractivity contribution is 0.112. The molecule has 6 nitrogen and oxygen atoms in total. The number of carbonyl (C=O) groups is 1. The fourth-order valence-corrected chi connectivity index (χ4v) is 2.10. The summed E-state index contributed by atoms with van der Waals surface area (Å²) in [6, 6.07) is 5.25. The monoisotopic (exact) mass is 311 g/mol. The number of hydrogen-bond donors (Lipinski definition) is 2. The number of hydrogen-bond acceptors (Lipinski definition) is 5. The molecule has 0 saturated carbocycles. The van der Waals surface area contributed by atoms with Gasteiger partial charge in [0.15, 0.2) is 0 Å². The average molecular weight is 311 g/mol. The molecule has 23 heavy (non-hydrogen) atoms. The molecule has 0 fully saturated rings. The Morgan fingerprint density at radius 2 is 2.09 bits per heavy atom. The van der Waals surface area contributed by atoms with E-state index < -0.39 is 0 Å². The Bertz CT molecular complexity index is 838. The number of anilines is 1. The highest BCUT2D eigenvalue weighted by Crippen LogP contribution is 2.20. The molecule has 1 heterocycles. The van der Waals surface area contributed by atoms with Gasteiger partial charge in [0.05, 0.1) is 29.0 Å². The van der Waals surface area contributed by atoms with Crippen molar-refractivity contribution in [1.29, 1.82) is 0 Å². The van der Waals surface area contributed by atoms with Gasteiger partial charge in [-0.05, 0) is 44.5 Å². The number of nitrogen functional groups attached to an aromatic ring is 1. The number of benzene rings is 1. The summed E-state index contributed by atoms with van der Waals surface area (Å²) in [5.74, 6) is 0.364. The zero-order valence-electron chi connectivity index (χ0n) is 13.6. The standard InChI is InChI=1S/C17H21N5O/c1-10(2)15(20-12(4)11(3)18)8-22-16-7-13(9-23)5-6-14(16)21-17(22)19/h5-7,9H,1,8,18H2,2-4H3,(H2,19,21)/b12-11-,20-15-. The molecule has 2 aromatic rings. The molecule has 0 spiro atoms. The van der Waals surface area contributed by atoms with Crippen molar-refractivity contribution in [3.05, 3.63) is 47.3 Å². The van der Waals surface area contributed by atoms with Gasteiger partial charge in [0.2, 0.25) is 5.95 Å². The first kappa shape index (κ1) is 16.5. The summed E-state index contributed by atoms with van der Waals surface area (Å²) in [5.41, 5.74) is 16.9. The Labute approximate surface area is 135 Å². The van der Waals surface area contributed by atoms with Crippen LogP contribution in [0.1, 0.15) is 31.1 Å². The number of aromatic nitrogens is 2. The highest BCUT2D eigenvalue weighted by Gasteiger charge is 2.12. The second kappa shape index (κ2) is 6.48. The molecular weight excluding hydrogens is 290 g/mol. The molecule has 0 radical (unpaired) electrons. The van der Waals surface area contributed by atoms with Gasteiger partial charge in [-0.25, -0.2) is 4.98 Å². The fourth-order valence-electron chi connectivity index (χ4n) is 2.10. The maximum absolute atomic E-state index is 11.0. The normalized spacial score (nSPS) is 13.1. The molecule has 0 aliphatic rings. The minimum Gasteiger partial charge on any atom is -0.401 e. The second-order valence-corrected chi connectivity index (χ2v) is 5.53. The third kappa shape index (κ3) is 3.48. The lowest BCUT2D eigenvalue weighted by atomic mass is 10.2. The topological polar surface area (TPSA) is 99.3 Å². The number of nitrogens with zero attached hydrogens (tertiary/aromatic N) is 3. The number of rotatable bonds is 5. The van der Waals surface area contributed by atoms with E-state index in [1.165, 1.54) is 0 Å². The van der Waals surface area contributed by atoms with Crippen LogP contribution in [0, 0.1) is 0 Å². The summed E-state index contributed by atoms with van der Waals surface area (Å²) < 4.78 is 1.81. The van der Waals surface area contributed by atoms with E-state index in [1.54, 1.807) is 25.1 Å². The number of fused-ring (bicyclic) bond motifs is 1. The minimum absolute atomic E-state index is 0.364. The lowest BCUT2D eigenvalue weighted by Gasteiger charge is -2.11. The van der Waals surface area contributed by atoms with Crippen LogP contribution in [0.3, 0.4) is 0 Å². The average Bonchev–Trinajstić information content (AvgIpc) is 2.81. The van der Waals surface area contributed by atoms with Gasteiger partial charge in [-0.1, -0.05) is 6.58 Å². The number of imidazole rings is 1. The van der Waals surface area contributed by atoms with Crippen LogP contribution in [-0.4, -0.2) is 21.5 Å². The van der Waals surface area contributed by atoms with Crippen molar-refractivity contribution in [1.82, 2.24) is 9.55 Å². The van der Waals surface area contributed by atoms with Crippen LogP contribution in [0.2, 0.25) is 0 Å². The van der Waals surface area contributed by atoms with Gasteiger partial charge in [-0.3, -0.25) is 9.79 Å². The molecule has 0 saturated heterocycles. The fraction of sp³-hybridized carbons (Fsp3) is 0.235. The largest absolute Gasteiger partial charge is 0.401 e. The van der Waals surface area contributed by atoms with Crippen molar-refractivity contribution in [2.24, 2.45) is 10.7 Å². The van der Waals surface area contributed by atoms with E-state index in [0.717, 1.165) is 34.3 Å². The SMILES string of the molecule is C=C(C)/C(Cn1c(N)nc2ccc(C=O)cc21)=N\C(C)=C(\C)N. The summed E-state index contributed by atoms with van der Waals surface area (Å²) in [4.78, 5) is 19.9. The summed E-state index contributed by atoms with van der Waals surface area (Å²) in [5, 5.41) is 0. The molecule has 0 unspecified atom stereocenters. The quantitative estimate of drug-likeness (QED) is 0.655. The number of aliphatic imine (C=N–C) groups is 1. The van der Waals surface area contributed by atoms with E-state index in [4.69, 9.17) is 11.5 Å². The number of nitrogens with two attached hydrogens (primary N) is 2. The van der Waals surface area contributed by atoms with Crippen LogP contribution < -0.4 is 11.5 Å². The van der Waals surface area contributed by atoms with Gasteiger partial charge in [0.1, 0.15) is 6.29 Å². The maximum Gasteiger partial charge on any atom is 0.201 e. The van der Waals surface area contributed by atoms with Crippen LogP contribution >= 0.6 is 0 Å². The molecule has 0 bridgehead atoms. The Morgan fingerprint density at radius 3 is 2.65 bits per heavy atom. The molecule has 1 aromatic heterocycles. The summed E-state index contributed by atoms with van der Waals surface area (Å²) in [6.45, 7) is 9.90. The van der Waals surface area contributed by atoms with E-state index in [9.17, 15) is 4.79 Å². The van der Waals surface area contributed by atoms with E-state index in [2.05, 4.69) is 16.6 Å². The predicted octanol–water partition coefficient (Wildman–Crippen LogP) is 2.66. The van der Waals surface area contributed by atoms with Gasteiger partial charge >= 0.3 is 0 Å². The predicted molar refractivity (Wildman–Crippen MR) is 94.3 cm³/mol. The smallest absolute Gasteiger partial charge is 0.201 e. The maximum atomic E-state index is 11.0. The second-order valence-electron chi connectivity index (χ2n) is 5.53. The Kier molecular flexibility index (Phi) is 4.64. The number of allylic oxidation sites excluding steroid dienone is 3. The summed E-state index contributed by atoms with van der Waals surface area (Å²) in [6.07, 6.45) is 0.797. The van der Waals surface area contributed by atoms with Gasteiger partial charge in [-0.15, -0.1) is 0 Å². The van der Waals surface area contributed by atoms with Crippen molar-refractivity contribution in [2.45, 2.75) is 27.3 Å². The van der Waals surface area contributed by atoms with Crippen LogP contribution in [-0.2, 0) is 6.54 Å². The van der Waals surface area contributed by atoms with Crippen molar-refractivity contribution >= 4 is 29.0 Å². The van der Waals surface area contributed by atoms with E-state index in [1.807, 2.05) is 18.4 Å². The van der Waals surface area contributed by atoms with Gasteiger partial charge in [-0.2, -0.15) is 0 Å². The summed E-state index contributed by atoms with van der Waals surface area (Å²) >= 11 is 0. The molecular formula is C17H21N5O. The molecule has 2 rings (SSSR count). The van der Waals surface area contributed by atoms with Crippen molar-refractivity contribution in [3.63, 3.8) is 0 Å². The van der Waals surface area contributed by atoms with Gasteiger partial charge < -0.3 is 16.0 Å². The van der Waals surface area contributed by atoms with Crippen molar-refractivity contribution in [3.8, 4) is 0 Å². The Morgan fingerprint density at radius 1 is 1.39 bits per heavy atom. The van der Waals surface area contributed by atoms with Crippen molar-refractivity contribution < 1.29 is 4.79 Å². The third-order valence-electron chi connectivity index (χ3n) is 3.61. The van der Waals surface area contributed by atoms with E-state index in [-0.39, 0.29) is 0 Å². The van der Waals surface area contributed by atoms with Crippen LogP contribution in [0.15, 0.2) is 46.7 Å². The molecule has 4 N–H and O–H groups in total. The van der Waals surface area contributed by atoms with Gasteiger partial charge in [0.25, 0.3) is 0 Å². The van der Waals surface area contributed by atoms with E-state index >= 15 is 0 Å². The zero-order valence-corrected chi connectivity index (χ0v) is 13.6. The minimum atomic E-state index is 0.364. The van der Waals surface area contributed by atoms with E-state index in [0.29, 0.717) is 23.8 Å². The summed E-state index contributed by atoms with van der Waals surface area (Å²) in [7, 11) is 0. The van der Waals surface area contributed by atoms with Crippen molar-refractivity contribution in [2.75, 3.05) is 5.73 Å². The van der Waals surface area contributed by atoms with Crippen LogP contribution in [0.5, 0.6) is 0 Å². The highest BCUT2D eigenvalue weighted by atomic mass is 16.1. The number of carbonyl (C=O) groups excluding carboxylic acids is 1. The third-order valence-corrected chi connectivity index (χ3v) is 3.61. The Hall–Kier alpha value is -2.89. The number of aldehydes is 1. The van der Waals surface area contributed by atoms with Crippen LogP contribution in [0.25, 0.3) is 11.0 Å². The first-order valence-corrected chi connectivity index (χ1v) is 7.20. The molecule has 0 aliphatic heterocycles. The van der Waals surface area contributed by atoms with Crippen LogP contribution in [0.4, 0.5) is 5.95 Å². The first-order chi connectivity index (χ1) is 10.8.